The van der Waals surface area contributed by atoms with E-state index >= 15 is 0 Å². The van der Waals surface area contributed by atoms with E-state index in [1.54, 1.807) is 0 Å². The zero-order valence-electron chi connectivity index (χ0n) is 12.0. The Labute approximate surface area is 113 Å². The van der Waals surface area contributed by atoms with Crippen molar-refractivity contribution in [3.05, 3.63) is 0 Å². The van der Waals surface area contributed by atoms with E-state index < -0.39 is 0 Å². The Morgan fingerprint density at radius 3 is 2.00 bits per heavy atom. The van der Waals surface area contributed by atoms with Crippen LogP contribution in [0.3, 0.4) is 0 Å². The summed E-state index contributed by atoms with van der Waals surface area (Å²) in [7, 11) is 2.16. The molecule has 0 aliphatic heterocycles. The van der Waals surface area contributed by atoms with Crippen molar-refractivity contribution in [3.63, 3.8) is 0 Å². The summed E-state index contributed by atoms with van der Waals surface area (Å²) in [5.74, 6) is 3.03. The summed E-state index contributed by atoms with van der Waals surface area (Å²) in [6.45, 7) is 4.19. The molecule has 0 spiro atoms. The molecule has 0 heterocycles. The first-order valence-corrected chi connectivity index (χ1v) is 8.24. The van der Waals surface area contributed by atoms with E-state index in [-0.39, 0.29) is 0 Å². The third kappa shape index (κ3) is 3.71. The average Bonchev–Trinajstić information content (AvgIpc) is 3.26. The lowest BCUT2D eigenvalue weighted by Gasteiger charge is -2.35. The Bertz CT molecular complexity index is 244. The van der Waals surface area contributed by atoms with Gasteiger partial charge in [-0.05, 0) is 63.3 Å². The predicted molar refractivity (Wildman–Crippen MR) is 76.7 cm³/mol. The maximum atomic E-state index is 3.57. The van der Waals surface area contributed by atoms with Crippen molar-refractivity contribution in [3.8, 4) is 0 Å². The highest BCUT2D eigenvalue weighted by molar-refractivity contribution is 4.87. The summed E-state index contributed by atoms with van der Waals surface area (Å²) >= 11 is 0. The molecule has 1 N–H and O–H groups in total. The van der Waals surface area contributed by atoms with Crippen LogP contribution in [0.1, 0.15) is 51.4 Å². The van der Waals surface area contributed by atoms with E-state index in [1.165, 1.54) is 71.0 Å². The van der Waals surface area contributed by atoms with Crippen LogP contribution in [-0.2, 0) is 0 Å². The summed E-state index contributed by atoms with van der Waals surface area (Å²) in [5.41, 5.74) is 0. The number of rotatable bonds is 7. The number of nitrogens with one attached hydrogen (secondary N) is 1. The summed E-state index contributed by atoms with van der Waals surface area (Å²) in [6.07, 6.45) is 11.8. The molecule has 3 aliphatic rings. The zero-order chi connectivity index (χ0) is 12.4. The quantitative estimate of drug-likeness (QED) is 0.747. The monoisotopic (exact) mass is 250 g/mol. The van der Waals surface area contributed by atoms with Crippen LogP contribution in [0.4, 0.5) is 0 Å². The van der Waals surface area contributed by atoms with E-state index in [0.29, 0.717) is 0 Å². The topological polar surface area (TPSA) is 15.3 Å². The van der Waals surface area contributed by atoms with Crippen molar-refractivity contribution in [2.75, 3.05) is 26.7 Å². The van der Waals surface area contributed by atoms with E-state index in [2.05, 4.69) is 17.3 Å². The van der Waals surface area contributed by atoms with Gasteiger partial charge in [0, 0.05) is 25.7 Å². The van der Waals surface area contributed by atoms with E-state index in [0.717, 1.165) is 23.8 Å². The maximum Gasteiger partial charge on any atom is 0.0104 e. The highest BCUT2D eigenvalue weighted by Crippen LogP contribution is 2.35. The summed E-state index contributed by atoms with van der Waals surface area (Å²) in [6, 6.07) is 0.791. The second kappa shape index (κ2) is 5.92. The first-order valence-electron chi connectivity index (χ1n) is 8.24. The lowest BCUT2D eigenvalue weighted by atomic mass is 9.84. The zero-order valence-corrected chi connectivity index (χ0v) is 12.0. The highest BCUT2D eigenvalue weighted by Gasteiger charge is 2.32. The van der Waals surface area contributed by atoms with E-state index in [4.69, 9.17) is 0 Å². The van der Waals surface area contributed by atoms with Crippen molar-refractivity contribution >= 4 is 0 Å². The van der Waals surface area contributed by atoms with Gasteiger partial charge in [0.25, 0.3) is 0 Å². The van der Waals surface area contributed by atoms with Crippen molar-refractivity contribution in [2.24, 2.45) is 17.8 Å². The minimum Gasteiger partial charge on any atom is -0.317 e. The largest absolute Gasteiger partial charge is 0.317 e. The van der Waals surface area contributed by atoms with Crippen molar-refractivity contribution in [2.45, 2.75) is 57.4 Å². The number of hydrogen-bond acceptors (Lipinski definition) is 2. The van der Waals surface area contributed by atoms with Crippen LogP contribution in [0.25, 0.3) is 0 Å². The molecule has 3 fully saturated rings. The van der Waals surface area contributed by atoms with Gasteiger partial charge in [0.2, 0.25) is 0 Å². The molecule has 3 saturated carbocycles. The molecule has 2 heteroatoms. The molecule has 0 aromatic heterocycles. The van der Waals surface area contributed by atoms with Gasteiger partial charge < -0.3 is 10.2 Å². The predicted octanol–water partition coefficient (Wildman–Crippen LogP) is 2.89. The lowest BCUT2D eigenvalue weighted by Crippen LogP contribution is -2.44. The summed E-state index contributed by atoms with van der Waals surface area (Å²) in [5, 5.41) is 3.57. The molecule has 0 bridgehead atoms. The minimum atomic E-state index is 0.791. The molecule has 2 atom stereocenters. The Morgan fingerprint density at radius 1 is 0.833 bits per heavy atom. The fourth-order valence-corrected chi connectivity index (χ4v) is 3.69. The molecule has 0 aromatic carbocycles. The van der Waals surface area contributed by atoms with Gasteiger partial charge in [0.15, 0.2) is 0 Å². The molecule has 0 aromatic rings. The van der Waals surface area contributed by atoms with E-state index in [9.17, 15) is 0 Å². The maximum absolute atomic E-state index is 3.57. The first-order chi connectivity index (χ1) is 8.85. The molecule has 2 unspecified atom stereocenters. The SMILES string of the molecule is CNC1CCCCC1CN(CC1CC1)CC1CC1. The van der Waals surface area contributed by atoms with Gasteiger partial charge in [-0.2, -0.15) is 0 Å². The molecule has 3 rings (SSSR count). The fraction of sp³-hybridized carbons (Fsp3) is 1.00. The van der Waals surface area contributed by atoms with Gasteiger partial charge in [-0.25, -0.2) is 0 Å². The van der Waals surface area contributed by atoms with Crippen LogP contribution in [-0.4, -0.2) is 37.6 Å². The summed E-state index contributed by atoms with van der Waals surface area (Å²) in [4.78, 5) is 2.83. The second-order valence-electron chi connectivity index (χ2n) is 7.04. The molecule has 0 amide bonds. The lowest BCUT2D eigenvalue weighted by molar-refractivity contribution is 0.162. The first kappa shape index (κ1) is 12.9. The Morgan fingerprint density at radius 2 is 1.44 bits per heavy atom. The fourth-order valence-electron chi connectivity index (χ4n) is 3.69. The standard InChI is InChI=1S/C16H30N2/c1-17-16-5-3-2-4-15(16)12-18(10-13-6-7-13)11-14-8-9-14/h13-17H,2-12H2,1H3. The van der Waals surface area contributed by atoms with Crippen molar-refractivity contribution in [1.29, 1.82) is 0 Å². The van der Waals surface area contributed by atoms with E-state index in [1.807, 2.05) is 0 Å². The Balaban J connectivity index is 1.51. The van der Waals surface area contributed by atoms with Gasteiger partial charge >= 0.3 is 0 Å². The molecule has 2 nitrogen and oxygen atoms in total. The molecule has 0 saturated heterocycles. The molecular formula is C16H30N2. The normalized spacial score (nSPS) is 33.0. The van der Waals surface area contributed by atoms with Crippen molar-refractivity contribution in [1.82, 2.24) is 10.2 Å². The average molecular weight is 250 g/mol. The van der Waals surface area contributed by atoms with Gasteiger partial charge in [-0.15, -0.1) is 0 Å². The van der Waals surface area contributed by atoms with Gasteiger partial charge in [-0.3, -0.25) is 0 Å². The van der Waals surface area contributed by atoms with Crippen molar-refractivity contribution < 1.29 is 0 Å². The summed E-state index contributed by atoms with van der Waals surface area (Å²) < 4.78 is 0. The minimum absolute atomic E-state index is 0.791. The van der Waals surface area contributed by atoms with Crippen LogP contribution in [0.15, 0.2) is 0 Å². The molecule has 18 heavy (non-hydrogen) atoms. The van der Waals surface area contributed by atoms with Gasteiger partial charge in [0.05, 0.1) is 0 Å². The van der Waals surface area contributed by atoms with Crippen LogP contribution >= 0.6 is 0 Å². The number of nitrogens with zero attached hydrogens (tertiary/aromatic N) is 1. The van der Waals surface area contributed by atoms with Crippen LogP contribution in [0.2, 0.25) is 0 Å². The number of hydrogen-bond donors (Lipinski definition) is 1. The smallest absolute Gasteiger partial charge is 0.0104 e. The Hall–Kier alpha value is -0.0800. The van der Waals surface area contributed by atoms with Gasteiger partial charge in [-0.1, -0.05) is 12.8 Å². The molecule has 3 aliphatic carbocycles. The van der Waals surface area contributed by atoms with Crippen LogP contribution in [0, 0.1) is 17.8 Å². The highest BCUT2D eigenvalue weighted by atomic mass is 15.1. The van der Waals surface area contributed by atoms with Crippen LogP contribution in [0.5, 0.6) is 0 Å². The molecule has 0 radical (unpaired) electrons. The third-order valence-corrected chi connectivity index (χ3v) is 5.20. The third-order valence-electron chi connectivity index (χ3n) is 5.20. The van der Waals surface area contributed by atoms with Gasteiger partial charge in [0.1, 0.15) is 0 Å². The Kier molecular flexibility index (Phi) is 4.25. The van der Waals surface area contributed by atoms with Crippen LogP contribution < -0.4 is 5.32 Å². The second-order valence-corrected chi connectivity index (χ2v) is 7.04. The molecular weight excluding hydrogens is 220 g/mol. The molecule has 104 valence electrons.